The van der Waals surface area contributed by atoms with Gasteiger partial charge in [0, 0.05) is 18.5 Å². The molecule has 5 aliphatic carbocycles. The zero-order valence-corrected chi connectivity index (χ0v) is 36.9. The van der Waals surface area contributed by atoms with Gasteiger partial charge in [-0.3, -0.25) is 0 Å². The van der Waals surface area contributed by atoms with E-state index >= 15 is 0 Å². The van der Waals surface area contributed by atoms with E-state index in [-0.39, 0.29) is 85.4 Å². The Morgan fingerprint density at radius 3 is 2.39 bits per heavy atom. The van der Waals surface area contributed by atoms with Gasteiger partial charge in [0.15, 0.2) is 0 Å². The van der Waals surface area contributed by atoms with Crippen LogP contribution in [0.15, 0.2) is 11.6 Å². The second-order valence-electron chi connectivity index (χ2n) is 19.5. The van der Waals surface area contributed by atoms with E-state index in [4.69, 9.17) is 10.5 Å². The number of hydrogen-bond donors (Lipinski definition) is 1. The van der Waals surface area contributed by atoms with Crippen LogP contribution in [0.25, 0.3) is 0 Å². The Kier molecular flexibility index (Phi) is 14.3. The molecule has 2 N–H and O–H groups in total. The first-order chi connectivity index (χ1) is 22.6. The minimum Gasteiger partial charge on any atom is -0.446 e. The average molecular weight is 704 g/mol. The van der Waals surface area contributed by atoms with E-state index in [1.54, 1.807) is 5.57 Å². The summed E-state index contributed by atoms with van der Waals surface area (Å²) in [5.74, 6) is 5.13. The van der Waals surface area contributed by atoms with E-state index in [0.717, 1.165) is 80.5 Å². The molecule has 0 aromatic heterocycles. The Hall–Kier alpha value is 0.606. The number of carbonyl (C=O) groups is 1. The Bertz CT molecular complexity index is 1140. The molecule has 0 saturated heterocycles. The second kappa shape index (κ2) is 16.5. The van der Waals surface area contributed by atoms with E-state index in [2.05, 4.69) is 75.3 Å². The van der Waals surface area contributed by atoms with E-state index in [1.807, 2.05) is 4.90 Å². The Morgan fingerprint density at radius 1 is 1.08 bits per heavy atom. The first kappa shape index (κ1) is 42.3. The van der Waals surface area contributed by atoms with Crippen molar-refractivity contribution >= 4 is 6.09 Å². The Morgan fingerprint density at radius 2 is 1.80 bits per heavy atom. The summed E-state index contributed by atoms with van der Waals surface area (Å²) < 4.78 is 6.47. The quantitative estimate of drug-likeness (QED) is 0.112. The van der Waals surface area contributed by atoms with Crippen molar-refractivity contribution in [2.45, 2.75) is 176 Å². The Labute approximate surface area is 346 Å². The van der Waals surface area contributed by atoms with Crippen molar-refractivity contribution in [1.29, 1.82) is 0 Å². The molecular weight excluding hydrogens is 628 g/mol. The molecule has 0 aromatic carbocycles. The molecule has 4 saturated carbocycles. The molecule has 0 heterocycles. The van der Waals surface area contributed by atoms with Gasteiger partial charge in [-0.25, -0.2) is 11.2 Å². The van der Waals surface area contributed by atoms with Crippen LogP contribution in [0.5, 0.6) is 0 Å². The van der Waals surface area contributed by atoms with Crippen LogP contribution in [0.4, 0.5) is 4.79 Å². The van der Waals surface area contributed by atoms with Gasteiger partial charge >= 0.3 is 57.5 Å². The topological polar surface area (TPSA) is 55.6 Å². The average Bonchev–Trinajstić information content (AvgIpc) is 3.37. The smallest absolute Gasteiger partial charge is 0.446 e. The zero-order chi connectivity index (χ0) is 35.1. The van der Waals surface area contributed by atoms with Crippen LogP contribution in [0, 0.1) is 71.0 Å². The molecule has 1 amide bonds. The van der Waals surface area contributed by atoms with E-state index in [9.17, 15) is 4.79 Å². The third-order valence-electron chi connectivity index (χ3n) is 16.0. The van der Waals surface area contributed by atoms with Gasteiger partial charge in [-0.1, -0.05) is 85.8 Å². The fraction of sp³-hybridized carbons (Fsp3) is 0.886. The Balaban J connectivity index is 0.00000541. The number of hydrogen-bond acceptors (Lipinski definition) is 3. The minimum absolute atomic E-state index is 0. The van der Waals surface area contributed by atoms with E-state index < -0.39 is 0 Å². The molecule has 0 bridgehead atoms. The summed E-state index contributed by atoms with van der Waals surface area (Å²) in [7, 11) is 0. The normalized spacial score (nSPS) is 40.1. The fourth-order valence-electron chi connectivity index (χ4n) is 12.7. The fourth-order valence-corrected chi connectivity index (χ4v) is 12.7. The van der Waals surface area contributed by atoms with Crippen LogP contribution in [-0.2, 0) is 4.74 Å². The van der Waals surface area contributed by atoms with Crippen molar-refractivity contribution < 1.29 is 60.9 Å². The molecule has 5 aliphatic rings. The van der Waals surface area contributed by atoms with Crippen LogP contribution < -0.4 is 57.1 Å². The van der Waals surface area contributed by atoms with E-state index in [0.29, 0.717) is 24.9 Å². The van der Waals surface area contributed by atoms with Gasteiger partial charge in [0.25, 0.3) is 0 Å². The number of carbonyl (C=O) groups excluding carboxylic acids is 1. The molecule has 276 valence electrons. The molecule has 5 heteroatoms. The SMILES string of the molecule is [CH2-]CC([CH2-])(CC)CN(CC1(CC)CC(C)(N)C1)C(=O)OC1CCC2(C)C(=CCC3C2CCC2(C)C(CCCC(CC)C(C)C)CCC32)C1.[K+]. The molecule has 4 fully saturated rings. The third kappa shape index (κ3) is 8.79. The molecule has 4 nitrogen and oxygen atoms in total. The third-order valence-corrected chi connectivity index (χ3v) is 16.0. The van der Waals surface area contributed by atoms with Gasteiger partial charge in [0.1, 0.15) is 6.10 Å². The van der Waals surface area contributed by atoms with Crippen LogP contribution in [0.2, 0.25) is 0 Å². The van der Waals surface area contributed by atoms with Gasteiger partial charge in [0.2, 0.25) is 0 Å². The second-order valence-corrected chi connectivity index (χ2v) is 19.5. The first-order valence-electron chi connectivity index (χ1n) is 20.6. The number of amides is 1. The van der Waals surface area contributed by atoms with Gasteiger partial charge in [-0.15, -0.1) is 0 Å². The van der Waals surface area contributed by atoms with Crippen LogP contribution in [0.3, 0.4) is 0 Å². The summed E-state index contributed by atoms with van der Waals surface area (Å²) in [4.78, 5) is 16.0. The summed E-state index contributed by atoms with van der Waals surface area (Å²) >= 11 is 0. The van der Waals surface area contributed by atoms with Crippen molar-refractivity contribution in [3.05, 3.63) is 25.5 Å². The largest absolute Gasteiger partial charge is 1.00 e. The van der Waals surface area contributed by atoms with Crippen LogP contribution >= 0.6 is 0 Å². The first-order valence-corrected chi connectivity index (χ1v) is 20.6. The summed E-state index contributed by atoms with van der Waals surface area (Å²) in [5, 5.41) is 0. The number of nitrogens with two attached hydrogens (primary N) is 1. The number of fused-ring (bicyclic) bond motifs is 5. The number of nitrogens with zero attached hydrogens (tertiary/aromatic N) is 1. The molecule has 49 heavy (non-hydrogen) atoms. The van der Waals surface area contributed by atoms with Gasteiger partial charge in [-0.2, -0.15) is 5.41 Å². The predicted molar refractivity (Wildman–Crippen MR) is 202 cm³/mol. The summed E-state index contributed by atoms with van der Waals surface area (Å²) in [5.41, 5.74) is 8.58. The standard InChI is InChI=1S/C44H76N2O2.K/c1-11-32(31(5)6)16-15-17-33-19-21-37-36-20-18-34-26-35(22-24-43(34,10)38(36)23-25-42(33,37)9)48-39(47)46(29-40(7,12-2)13-3)30-44(14-4)27-41(8,45)28-44;/h18,31-33,35-38H,2,7,11-17,19-30,45H2,1,3-6,8-10H3;/q-2;+1. The maximum atomic E-state index is 14.0. The number of allylic oxidation sites excluding steroid dienone is 1. The van der Waals surface area contributed by atoms with Gasteiger partial charge < -0.3 is 29.2 Å². The van der Waals surface area contributed by atoms with Crippen LogP contribution in [0.1, 0.15) is 165 Å². The number of ether oxygens (including phenoxy) is 1. The molecule has 0 aromatic rings. The predicted octanol–water partition coefficient (Wildman–Crippen LogP) is 8.59. The zero-order valence-electron chi connectivity index (χ0n) is 33.8. The van der Waals surface area contributed by atoms with Crippen LogP contribution in [-0.4, -0.2) is 35.7 Å². The minimum atomic E-state index is -0.253. The summed E-state index contributed by atoms with van der Waals surface area (Å²) in [6.07, 6.45) is 22.6. The van der Waals surface area contributed by atoms with Crippen molar-refractivity contribution in [2.75, 3.05) is 13.1 Å². The van der Waals surface area contributed by atoms with Crippen molar-refractivity contribution in [3.8, 4) is 0 Å². The monoisotopic (exact) mass is 704 g/mol. The molecule has 9 atom stereocenters. The molecule has 5 rings (SSSR count). The molecule has 0 aliphatic heterocycles. The molecule has 9 unspecified atom stereocenters. The molecule has 0 spiro atoms. The van der Waals surface area contributed by atoms with Crippen molar-refractivity contribution in [1.82, 2.24) is 4.90 Å². The van der Waals surface area contributed by atoms with Crippen molar-refractivity contribution in [3.63, 3.8) is 0 Å². The van der Waals surface area contributed by atoms with Gasteiger partial charge in [0.05, 0.1) is 0 Å². The molecule has 0 radical (unpaired) electrons. The number of rotatable bonds is 14. The van der Waals surface area contributed by atoms with Crippen molar-refractivity contribution in [2.24, 2.45) is 62.9 Å². The summed E-state index contributed by atoms with van der Waals surface area (Å²) in [6, 6.07) is 0. The maximum absolute atomic E-state index is 14.0. The summed E-state index contributed by atoms with van der Waals surface area (Å²) in [6.45, 7) is 29.1. The molecular formula is C44H76KN2O2-. The van der Waals surface area contributed by atoms with E-state index in [1.165, 1.54) is 57.8 Å². The van der Waals surface area contributed by atoms with Gasteiger partial charge in [-0.05, 0) is 136 Å². The maximum Gasteiger partial charge on any atom is 1.00 e.